The van der Waals surface area contributed by atoms with E-state index in [-0.39, 0.29) is 23.7 Å². The number of nitrogens with zero attached hydrogens (tertiary/aromatic N) is 1. The highest BCUT2D eigenvalue weighted by molar-refractivity contribution is 7.89. The third-order valence-electron chi connectivity index (χ3n) is 3.47. The lowest BCUT2D eigenvalue weighted by Crippen LogP contribution is -2.29. The van der Waals surface area contributed by atoms with Gasteiger partial charge in [-0.3, -0.25) is 10.1 Å². The molecule has 0 unspecified atom stereocenters. The summed E-state index contributed by atoms with van der Waals surface area (Å²) >= 11 is 0. The van der Waals surface area contributed by atoms with Crippen molar-refractivity contribution in [2.75, 3.05) is 18.4 Å². The molecule has 0 aromatic heterocycles. The predicted molar refractivity (Wildman–Crippen MR) is 92.7 cm³/mol. The van der Waals surface area contributed by atoms with Crippen molar-refractivity contribution < 1.29 is 13.3 Å². The van der Waals surface area contributed by atoms with Crippen LogP contribution in [0.1, 0.15) is 11.1 Å². The van der Waals surface area contributed by atoms with Crippen LogP contribution in [0, 0.1) is 24.0 Å². The minimum atomic E-state index is -3.62. The van der Waals surface area contributed by atoms with E-state index in [1.165, 1.54) is 6.07 Å². The van der Waals surface area contributed by atoms with Gasteiger partial charge in [-0.1, -0.05) is 24.3 Å². The second-order valence-corrected chi connectivity index (χ2v) is 7.10. The molecule has 8 heteroatoms. The number of anilines is 1. The maximum absolute atomic E-state index is 12.3. The molecule has 0 spiro atoms. The highest BCUT2D eigenvalue weighted by Crippen LogP contribution is 2.22. The van der Waals surface area contributed by atoms with E-state index in [0.29, 0.717) is 11.3 Å². The first kappa shape index (κ1) is 17.9. The topological polar surface area (TPSA) is 101 Å². The molecule has 0 aliphatic heterocycles. The average Bonchev–Trinajstić information content (AvgIpc) is 2.54. The zero-order valence-electron chi connectivity index (χ0n) is 13.4. The van der Waals surface area contributed by atoms with E-state index in [0.717, 1.165) is 5.56 Å². The Morgan fingerprint density at radius 2 is 1.79 bits per heavy atom. The Labute approximate surface area is 140 Å². The molecule has 0 aliphatic rings. The third kappa shape index (κ3) is 4.30. The fraction of sp³-hybridized carbons (Fsp3) is 0.250. The van der Waals surface area contributed by atoms with E-state index in [2.05, 4.69) is 10.0 Å². The Hall–Kier alpha value is -2.45. The van der Waals surface area contributed by atoms with Crippen LogP contribution in [0.3, 0.4) is 0 Å². The number of nitrogens with one attached hydrogen (secondary N) is 2. The standard InChI is InChI=1S/C16H19N3O4S/c1-12-7-8-13(2)16(11-12)24(22,23)18-10-9-17-14-5-3-4-6-15(14)19(20)21/h3-8,11,17-18H,9-10H2,1-2H3. The van der Waals surface area contributed by atoms with Crippen molar-refractivity contribution in [2.45, 2.75) is 18.7 Å². The molecule has 2 rings (SSSR count). The van der Waals surface area contributed by atoms with E-state index in [9.17, 15) is 18.5 Å². The second-order valence-electron chi connectivity index (χ2n) is 5.37. The first-order valence-corrected chi connectivity index (χ1v) is 8.84. The quantitative estimate of drug-likeness (QED) is 0.454. The number of rotatable bonds is 7. The van der Waals surface area contributed by atoms with Crippen molar-refractivity contribution in [1.82, 2.24) is 4.72 Å². The lowest BCUT2D eigenvalue weighted by molar-refractivity contribution is -0.384. The number of benzene rings is 2. The molecule has 0 radical (unpaired) electrons. The van der Waals surface area contributed by atoms with Crippen LogP contribution in [0.5, 0.6) is 0 Å². The summed E-state index contributed by atoms with van der Waals surface area (Å²) in [4.78, 5) is 10.7. The van der Waals surface area contributed by atoms with Crippen molar-refractivity contribution in [3.8, 4) is 0 Å². The summed E-state index contributed by atoms with van der Waals surface area (Å²) in [6, 6.07) is 11.5. The molecule has 7 nitrogen and oxygen atoms in total. The Morgan fingerprint density at radius 1 is 1.08 bits per heavy atom. The maximum atomic E-state index is 12.3. The van der Waals surface area contributed by atoms with Gasteiger partial charge in [0, 0.05) is 19.2 Å². The van der Waals surface area contributed by atoms with Gasteiger partial charge in [0.1, 0.15) is 5.69 Å². The van der Waals surface area contributed by atoms with E-state index >= 15 is 0 Å². The highest BCUT2D eigenvalue weighted by atomic mass is 32.2. The van der Waals surface area contributed by atoms with Crippen molar-refractivity contribution in [2.24, 2.45) is 0 Å². The van der Waals surface area contributed by atoms with Gasteiger partial charge in [0.15, 0.2) is 0 Å². The van der Waals surface area contributed by atoms with Gasteiger partial charge in [0.25, 0.3) is 5.69 Å². The Balaban J connectivity index is 1.99. The van der Waals surface area contributed by atoms with Gasteiger partial charge < -0.3 is 5.32 Å². The lowest BCUT2D eigenvalue weighted by atomic mass is 10.2. The molecule has 0 heterocycles. The summed E-state index contributed by atoms with van der Waals surface area (Å²) in [6.45, 7) is 3.91. The van der Waals surface area contributed by atoms with Crippen LogP contribution < -0.4 is 10.0 Å². The number of nitro benzene ring substituents is 1. The van der Waals surface area contributed by atoms with Crippen LogP contribution in [0.4, 0.5) is 11.4 Å². The van der Waals surface area contributed by atoms with Gasteiger partial charge in [-0.25, -0.2) is 13.1 Å². The van der Waals surface area contributed by atoms with Crippen molar-refractivity contribution >= 4 is 21.4 Å². The molecule has 0 atom stereocenters. The van der Waals surface area contributed by atoms with Crippen LogP contribution in [-0.4, -0.2) is 26.4 Å². The molecule has 0 aliphatic carbocycles. The van der Waals surface area contributed by atoms with E-state index in [1.807, 2.05) is 13.0 Å². The van der Waals surface area contributed by atoms with Crippen molar-refractivity contribution in [3.05, 3.63) is 63.7 Å². The maximum Gasteiger partial charge on any atom is 0.292 e. The normalized spacial score (nSPS) is 11.2. The molecule has 24 heavy (non-hydrogen) atoms. The molecule has 128 valence electrons. The van der Waals surface area contributed by atoms with E-state index < -0.39 is 14.9 Å². The number of aryl methyl sites for hydroxylation is 2. The minimum absolute atomic E-state index is 0.0464. The summed E-state index contributed by atoms with van der Waals surface area (Å²) in [6.07, 6.45) is 0. The molecular formula is C16H19N3O4S. The summed E-state index contributed by atoms with van der Waals surface area (Å²) in [7, 11) is -3.62. The number of sulfonamides is 1. The summed E-state index contributed by atoms with van der Waals surface area (Å²) in [5.41, 5.74) is 1.84. The molecule has 0 saturated heterocycles. The summed E-state index contributed by atoms with van der Waals surface area (Å²) in [5, 5.41) is 13.8. The zero-order chi connectivity index (χ0) is 17.7. The fourth-order valence-electron chi connectivity index (χ4n) is 2.24. The number of hydrogen-bond acceptors (Lipinski definition) is 5. The zero-order valence-corrected chi connectivity index (χ0v) is 14.3. The molecule has 2 aromatic rings. The fourth-order valence-corrected chi connectivity index (χ4v) is 3.60. The molecule has 0 bridgehead atoms. The van der Waals surface area contributed by atoms with E-state index in [4.69, 9.17) is 0 Å². The van der Waals surface area contributed by atoms with Gasteiger partial charge in [-0.15, -0.1) is 0 Å². The Kier molecular flexibility index (Phi) is 5.53. The largest absolute Gasteiger partial charge is 0.378 e. The summed E-state index contributed by atoms with van der Waals surface area (Å²) < 4.78 is 27.2. The lowest BCUT2D eigenvalue weighted by Gasteiger charge is -2.11. The van der Waals surface area contributed by atoms with Gasteiger partial charge in [0.2, 0.25) is 10.0 Å². The van der Waals surface area contributed by atoms with Crippen molar-refractivity contribution in [1.29, 1.82) is 0 Å². The van der Waals surface area contributed by atoms with Gasteiger partial charge in [-0.2, -0.15) is 0 Å². The smallest absolute Gasteiger partial charge is 0.292 e. The monoisotopic (exact) mass is 349 g/mol. The summed E-state index contributed by atoms with van der Waals surface area (Å²) in [5.74, 6) is 0. The number of hydrogen-bond donors (Lipinski definition) is 2. The van der Waals surface area contributed by atoms with Crippen molar-refractivity contribution in [3.63, 3.8) is 0 Å². The van der Waals surface area contributed by atoms with Gasteiger partial charge in [0.05, 0.1) is 9.82 Å². The van der Waals surface area contributed by atoms with Crippen LogP contribution in [0.25, 0.3) is 0 Å². The first-order valence-electron chi connectivity index (χ1n) is 7.35. The molecule has 0 fully saturated rings. The van der Waals surface area contributed by atoms with E-state index in [1.54, 1.807) is 37.3 Å². The molecule has 0 saturated carbocycles. The SMILES string of the molecule is Cc1ccc(C)c(S(=O)(=O)NCCNc2ccccc2[N+](=O)[O-])c1. The average molecular weight is 349 g/mol. The van der Waals surface area contributed by atoms with Crippen LogP contribution in [0.15, 0.2) is 47.4 Å². The molecular weight excluding hydrogens is 330 g/mol. The molecule has 2 aromatic carbocycles. The predicted octanol–water partition coefficient (Wildman–Crippen LogP) is 2.60. The van der Waals surface area contributed by atoms with Gasteiger partial charge in [-0.05, 0) is 37.1 Å². The van der Waals surface area contributed by atoms with Gasteiger partial charge >= 0.3 is 0 Å². The van der Waals surface area contributed by atoms with Crippen LogP contribution >= 0.6 is 0 Å². The number of nitro groups is 1. The van der Waals surface area contributed by atoms with Crippen LogP contribution in [0.2, 0.25) is 0 Å². The highest BCUT2D eigenvalue weighted by Gasteiger charge is 2.17. The first-order chi connectivity index (χ1) is 11.3. The second kappa shape index (κ2) is 7.41. The molecule has 0 amide bonds. The Bertz CT molecular complexity index is 850. The van der Waals surface area contributed by atoms with Crippen LogP contribution in [-0.2, 0) is 10.0 Å². The third-order valence-corrected chi connectivity index (χ3v) is 5.07. The Morgan fingerprint density at radius 3 is 2.50 bits per heavy atom. The molecule has 2 N–H and O–H groups in total. The number of para-hydroxylation sites is 2. The minimum Gasteiger partial charge on any atom is -0.378 e.